The predicted molar refractivity (Wildman–Crippen MR) is 41.1 cm³/mol. The minimum absolute atomic E-state index is 0.222. The molecule has 1 aromatic rings. The van der Waals surface area contributed by atoms with Gasteiger partial charge >= 0.3 is 0 Å². The summed E-state index contributed by atoms with van der Waals surface area (Å²) in [6, 6.07) is 0. The van der Waals surface area contributed by atoms with E-state index in [9.17, 15) is 0 Å². The molecule has 4 heteroatoms. The smallest absolute Gasteiger partial charge is 0.0734 e. The maximum Gasteiger partial charge on any atom is 0.0734 e. The summed E-state index contributed by atoms with van der Waals surface area (Å²) in [7, 11) is 0. The standard InChI is InChI=1S/C6H9N3S/c10-5-6(1-2-6)9-4-3-7-8-9/h3-4,10H,1-2,5H2. The molecule has 0 saturated heterocycles. The summed E-state index contributed by atoms with van der Waals surface area (Å²) in [6.07, 6.45) is 6.01. The lowest BCUT2D eigenvalue weighted by atomic mass is 10.3. The van der Waals surface area contributed by atoms with Crippen LogP contribution in [0.1, 0.15) is 12.8 Å². The molecule has 0 unspecified atom stereocenters. The van der Waals surface area contributed by atoms with E-state index in [2.05, 4.69) is 22.9 Å². The van der Waals surface area contributed by atoms with Gasteiger partial charge in [0.25, 0.3) is 0 Å². The van der Waals surface area contributed by atoms with Crippen LogP contribution in [0.4, 0.5) is 0 Å². The van der Waals surface area contributed by atoms with Gasteiger partial charge in [-0.1, -0.05) is 5.21 Å². The average Bonchev–Trinajstić information content (AvgIpc) is 2.58. The fraction of sp³-hybridized carbons (Fsp3) is 0.667. The second kappa shape index (κ2) is 1.99. The van der Waals surface area contributed by atoms with Crippen LogP contribution in [0.2, 0.25) is 0 Å². The van der Waals surface area contributed by atoms with Crippen LogP contribution in [0.15, 0.2) is 12.4 Å². The SMILES string of the molecule is SCC1(n2ccnn2)CC1. The fourth-order valence-electron chi connectivity index (χ4n) is 1.07. The largest absolute Gasteiger partial charge is 0.246 e. The minimum atomic E-state index is 0.222. The first kappa shape index (κ1) is 6.22. The van der Waals surface area contributed by atoms with E-state index < -0.39 is 0 Å². The van der Waals surface area contributed by atoms with E-state index in [1.165, 1.54) is 12.8 Å². The van der Waals surface area contributed by atoms with Crippen LogP contribution in [0.5, 0.6) is 0 Å². The highest BCUT2D eigenvalue weighted by atomic mass is 32.1. The molecule has 54 valence electrons. The Kier molecular flexibility index (Phi) is 1.23. The lowest BCUT2D eigenvalue weighted by molar-refractivity contribution is 0.466. The van der Waals surface area contributed by atoms with Gasteiger partial charge in [0, 0.05) is 11.9 Å². The molecule has 0 aliphatic heterocycles. The van der Waals surface area contributed by atoms with Crippen molar-refractivity contribution in [2.45, 2.75) is 18.4 Å². The number of thiol groups is 1. The normalized spacial score (nSPS) is 20.9. The highest BCUT2D eigenvalue weighted by Crippen LogP contribution is 2.43. The van der Waals surface area contributed by atoms with Crippen molar-refractivity contribution in [3.8, 4) is 0 Å². The Bertz CT molecular complexity index is 215. The lowest BCUT2D eigenvalue weighted by Crippen LogP contribution is -2.19. The highest BCUT2D eigenvalue weighted by Gasteiger charge is 2.44. The van der Waals surface area contributed by atoms with Crippen molar-refractivity contribution in [1.82, 2.24) is 15.0 Å². The van der Waals surface area contributed by atoms with E-state index in [1.54, 1.807) is 6.20 Å². The third-order valence-electron chi connectivity index (χ3n) is 2.03. The van der Waals surface area contributed by atoms with Gasteiger partial charge < -0.3 is 0 Å². The molecule has 1 heterocycles. The quantitative estimate of drug-likeness (QED) is 0.637. The first-order valence-electron chi connectivity index (χ1n) is 3.35. The second-order valence-electron chi connectivity index (χ2n) is 2.73. The summed E-state index contributed by atoms with van der Waals surface area (Å²) in [5.74, 6) is 0.871. The minimum Gasteiger partial charge on any atom is -0.246 e. The Morgan fingerprint density at radius 1 is 1.60 bits per heavy atom. The van der Waals surface area contributed by atoms with Crippen LogP contribution in [-0.4, -0.2) is 20.7 Å². The molecule has 0 aromatic carbocycles. The van der Waals surface area contributed by atoms with Crippen molar-refractivity contribution >= 4 is 12.6 Å². The third kappa shape index (κ3) is 0.751. The van der Waals surface area contributed by atoms with Gasteiger partial charge in [0.05, 0.1) is 11.7 Å². The number of rotatable bonds is 2. The van der Waals surface area contributed by atoms with Crippen LogP contribution >= 0.6 is 12.6 Å². The van der Waals surface area contributed by atoms with Crippen LogP contribution in [0, 0.1) is 0 Å². The van der Waals surface area contributed by atoms with E-state index in [-0.39, 0.29) is 5.54 Å². The summed E-state index contributed by atoms with van der Waals surface area (Å²) in [4.78, 5) is 0. The van der Waals surface area contributed by atoms with E-state index in [0.29, 0.717) is 0 Å². The van der Waals surface area contributed by atoms with Crippen molar-refractivity contribution in [1.29, 1.82) is 0 Å². The van der Waals surface area contributed by atoms with Crippen molar-refractivity contribution in [3.05, 3.63) is 12.4 Å². The van der Waals surface area contributed by atoms with Gasteiger partial charge in [0.15, 0.2) is 0 Å². The van der Waals surface area contributed by atoms with Crippen LogP contribution < -0.4 is 0 Å². The molecule has 1 aliphatic rings. The predicted octanol–water partition coefficient (Wildman–Crippen LogP) is 0.697. The molecule has 2 rings (SSSR count). The van der Waals surface area contributed by atoms with Gasteiger partial charge in [-0.3, -0.25) is 0 Å². The molecule has 0 N–H and O–H groups in total. The van der Waals surface area contributed by atoms with E-state index in [0.717, 1.165) is 5.75 Å². The number of hydrogen-bond acceptors (Lipinski definition) is 3. The molecule has 0 amide bonds. The van der Waals surface area contributed by atoms with Gasteiger partial charge in [-0.25, -0.2) is 4.68 Å². The zero-order valence-corrected chi connectivity index (χ0v) is 6.46. The Morgan fingerprint density at radius 3 is 2.80 bits per heavy atom. The van der Waals surface area contributed by atoms with Gasteiger partial charge in [0.1, 0.15) is 0 Å². The Morgan fingerprint density at radius 2 is 2.40 bits per heavy atom. The second-order valence-corrected chi connectivity index (χ2v) is 3.05. The van der Waals surface area contributed by atoms with Gasteiger partial charge in [-0.15, -0.1) is 5.10 Å². The highest BCUT2D eigenvalue weighted by molar-refractivity contribution is 7.80. The van der Waals surface area contributed by atoms with Crippen molar-refractivity contribution in [2.24, 2.45) is 0 Å². The molecule has 0 bridgehead atoms. The molecular formula is C6H9N3S. The van der Waals surface area contributed by atoms with Crippen molar-refractivity contribution in [3.63, 3.8) is 0 Å². The monoisotopic (exact) mass is 155 g/mol. The topological polar surface area (TPSA) is 30.7 Å². The molecule has 0 atom stereocenters. The molecule has 0 radical (unpaired) electrons. The molecule has 1 aromatic heterocycles. The molecular weight excluding hydrogens is 146 g/mol. The third-order valence-corrected chi connectivity index (χ3v) is 2.62. The Hall–Kier alpha value is -0.510. The number of aromatic nitrogens is 3. The van der Waals surface area contributed by atoms with Gasteiger partial charge in [-0.2, -0.15) is 12.6 Å². The molecule has 1 fully saturated rings. The Labute approximate surface area is 64.8 Å². The summed E-state index contributed by atoms with van der Waals surface area (Å²) < 4.78 is 1.92. The van der Waals surface area contributed by atoms with Crippen LogP contribution in [0.3, 0.4) is 0 Å². The van der Waals surface area contributed by atoms with Crippen LogP contribution in [-0.2, 0) is 5.54 Å². The van der Waals surface area contributed by atoms with Crippen molar-refractivity contribution < 1.29 is 0 Å². The summed E-state index contributed by atoms with van der Waals surface area (Å²) in [5, 5.41) is 7.69. The number of hydrogen-bond donors (Lipinski definition) is 1. The zero-order chi connectivity index (χ0) is 7.03. The zero-order valence-electron chi connectivity index (χ0n) is 5.56. The van der Waals surface area contributed by atoms with E-state index >= 15 is 0 Å². The van der Waals surface area contributed by atoms with Gasteiger partial charge in [0.2, 0.25) is 0 Å². The van der Waals surface area contributed by atoms with Crippen molar-refractivity contribution in [2.75, 3.05) is 5.75 Å². The Balaban J connectivity index is 2.27. The molecule has 10 heavy (non-hydrogen) atoms. The molecule has 1 saturated carbocycles. The molecule has 1 aliphatic carbocycles. The summed E-state index contributed by atoms with van der Waals surface area (Å²) in [6.45, 7) is 0. The first-order chi connectivity index (χ1) is 4.87. The van der Waals surface area contributed by atoms with Crippen LogP contribution in [0.25, 0.3) is 0 Å². The number of nitrogens with zero attached hydrogens (tertiary/aromatic N) is 3. The van der Waals surface area contributed by atoms with E-state index in [4.69, 9.17) is 0 Å². The average molecular weight is 155 g/mol. The lowest BCUT2D eigenvalue weighted by Gasteiger charge is -2.09. The maximum atomic E-state index is 4.26. The summed E-state index contributed by atoms with van der Waals surface area (Å²) in [5.41, 5.74) is 0.222. The first-order valence-corrected chi connectivity index (χ1v) is 3.98. The van der Waals surface area contributed by atoms with Gasteiger partial charge in [-0.05, 0) is 12.8 Å². The molecule has 3 nitrogen and oxygen atoms in total. The fourth-order valence-corrected chi connectivity index (χ4v) is 1.53. The molecule has 0 spiro atoms. The maximum absolute atomic E-state index is 4.26. The summed E-state index contributed by atoms with van der Waals surface area (Å²) >= 11 is 4.26. The van der Waals surface area contributed by atoms with E-state index in [1.807, 2.05) is 10.9 Å².